The Bertz CT molecular complexity index is 820. The normalized spacial score (nSPS) is 27.0. The molecule has 2 fully saturated rings. The molecule has 0 radical (unpaired) electrons. The van der Waals surface area contributed by atoms with Gasteiger partial charge in [-0.2, -0.15) is 0 Å². The number of nitrogens with one attached hydrogen (secondary N) is 1. The van der Waals surface area contributed by atoms with E-state index < -0.39 is 10.0 Å². The Kier molecular flexibility index (Phi) is 4.63. The van der Waals surface area contributed by atoms with E-state index in [2.05, 4.69) is 19.6 Å². The first-order valence-electron chi connectivity index (χ1n) is 8.27. The number of ether oxygens (including phenoxy) is 1. The third-order valence-corrected chi connectivity index (χ3v) is 6.82. The fourth-order valence-corrected chi connectivity index (χ4v) is 5.09. The van der Waals surface area contributed by atoms with Crippen LogP contribution in [0.15, 0.2) is 29.1 Å². The summed E-state index contributed by atoms with van der Waals surface area (Å²) in [5, 5.41) is 3.17. The molecule has 0 amide bonds. The molecule has 0 unspecified atom stereocenters. The molecule has 2 aliphatic rings. The summed E-state index contributed by atoms with van der Waals surface area (Å²) in [6, 6.07) is 0.424. The first-order valence-corrected chi connectivity index (χ1v) is 10.6. The van der Waals surface area contributed by atoms with Crippen LogP contribution in [-0.4, -0.2) is 59.2 Å². The second-order valence-corrected chi connectivity index (χ2v) is 9.22. The highest BCUT2D eigenvalue weighted by molar-refractivity contribution is 7.89. The van der Waals surface area contributed by atoms with Gasteiger partial charge in [-0.05, 0) is 12.8 Å². The third kappa shape index (κ3) is 3.63. The minimum atomic E-state index is -3.58. The largest absolute Gasteiger partial charge is 0.371 e. The van der Waals surface area contributed by atoms with Crippen LogP contribution in [0.2, 0.25) is 0 Å². The summed E-state index contributed by atoms with van der Waals surface area (Å²) in [6.07, 6.45) is 6.77. The molecule has 2 aromatic heterocycles. The lowest BCUT2D eigenvalue weighted by Crippen LogP contribution is -2.64. The lowest BCUT2D eigenvalue weighted by atomic mass is 9.90. The molecule has 1 N–H and O–H groups in total. The molecule has 2 aromatic rings. The van der Waals surface area contributed by atoms with Crippen molar-refractivity contribution in [3.05, 3.63) is 29.1 Å². The van der Waals surface area contributed by atoms with E-state index in [1.54, 1.807) is 23.0 Å². The molecule has 0 saturated carbocycles. The van der Waals surface area contributed by atoms with E-state index in [0.717, 1.165) is 30.9 Å². The lowest BCUT2D eigenvalue weighted by molar-refractivity contribution is -0.168. The highest BCUT2D eigenvalue weighted by atomic mass is 32.2. The maximum atomic E-state index is 12.2. The Hall–Kier alpha value is -1.33. The summed E-state index contributed by atoms with van der Waals surface area (Å²) in [5.74, 6) is 0. The molecule has 0 spiro atoms. The van der Waals surface area contributed by atoms with Crippen molar-refractivity contribution >= 4 is 21.4 Å². The maximum Gasteiger partial charge on any atom is 0.259 e. The number of nitrogens with zero attached hydrogens (tertiary/aromatic N) is 4. The fraction of sp³-hybridized carbons (Fsp3) is 0.600. The van der Waals surface area contributed by atoms with Crippen molar-refractivity contribution in [1.82, 2.24) is 24.2 Å². The van der Waals surface area contributed by atoms with Gasteiger partial charge in [0.2, 0.25) is 0 Å². The summed E-state index contributed by atoms with van der Waals surface area (Å²) in [4.78, 5) is 10.6. The molecule has 4 rings (SSSR count). The zero-order valence-corrected chi connectivity index (χ0v) is 15.5. The van der Waals surface area contributed by atoms with Gasteiger partial charge in [0.15, 0.2) is 5.03 Å². The number of likely N-dealkylation sites (tertiary alicyclic amines) is 1. The fourth-order valence-electron chi connectivity index (χ4n) is 3.40. The van der Waals surface area contributed by atoms with E-state index in [9.17, 15) is 8.42 Å². The van der Waals surface area contributed by atoms with Crippen molar-refractivity contribution in [3.8, 4) is 0 Å². The topological polar surface area (TPSA) is 89.4 Å². The Morgan fingerprint density at radius 1 is 1.40 bits per heavy atom. The second kappa shape index (κ2) is 6.76. The van der Waals surface area contributed by atoms with Gasteiger partial charge in [-0.3, -0.25) is 4.90 Å². The number of aryl methyl sites for hydroxylation is 1. The molecule has 4 heterocycles. The van der Waals surface area contributed by atoms with Gasteiger partial charge in [-0.25, -0.2) is 23.1 Å². The van der Waals surface area contributed by atoms with Gasteiger partial charge in [0.05, 0.1) is 25.1 Å². The second-order valence-electron chi connectivity index (χ2n) is 6.53. The summed E-state index contributed by atoms with van der Waals surface area (Å²) in [6.45, 7) is 2.04. The van der Waals surface area contributed by atoms with E-state index in [1.165, 1.54) is 12.5 Å². The minimum absolute atomic E-state index is 0.0435. The molecule has 0 aliphatic carbocycles. The Morgan fingerprint density at radius 2 is 2.28 bits per heavy atom. The van der Waals surface area contributed by atoms with Crippen LogP contribution in [0.3, 0.4) is 0 Å². The summed E-state index contributed by atoms with van der Waals surface area (Å²) in [5.41, 5.74) is 0. The maximum absolute atomic E-state index is 12.2. The molecule has 8 nitrogen and oxygen atoms in total. The standard InChI is InChI=1S/C15H21N5O3S2/c1-19-9-15(17-10-19)25(21,22)18-6-11-2-3-12-13(23-11)7-20(12)8-14-16-4-5-24-14/h4-5,9-13,18H,2-3,6-8H2,1H3/t11-,12+,13+/m1/s1. The van der Waals surface area contributed by atoms with Crippen LogP contribution in [0.5, 0.6) is 0 Å². The third-order valence-electron chi connectivity index (χ3n) is 4.74. The van der Waals surface area contributed by atoms with Crippen LogP contribution < -0.4 is 4.72 Å². The van der Waals surface area contributed by atoms with Gasteiger partial charge in [0.25, 0.3) is 10.0 Å². The van der Waals surface area contributed by atoms with Gasteiger partial charge in [0, 0.05) is 44.0 Å². The number of thiazole rings is 1. The van der Waals surface area contributed by atoms with Crippen molar-refractivity contribution in [3.63, 3.8) is 0 Å². The molecule has 0 bridgehead atoms. The average Bonchev–Trinajstić information content (AvgIpc) is 3.22. The van der Waals surface area contributed by atoms with Crippen molar-refractivity contribution in [2.45, 2.75) is 42.7 Å². The molecule has 0 aromatic carbocycles. The zero-order chi connectivity index (χ0) is 17.4. The molecule has 25 heavy (non-hydrogen) atoms. The highest BCUT2D eigenvalue weighted by Crippen LogP contribution is 2.33. The minimum Gasteiger partial charge on any atom is -0.371 e. The van der Waals surface area contributed by atoms with Crippen molar-refractivity contribution in [2.24, 2.45) is 7.05 Å². The van der Waals surface area contributed by atoms with E-state index >= 15 is 0 Å². The van der Waals surface area contributed by atoms with Crippen LogP contribution >= 0.6 is 11.3 Å². The lowest BCUT2D eigenvalue weighted by Gasteiger charge is -2.52. The summed E-state index contributed by atoms with van der Waals surface area (Å²) >= 11 is 1.67. The van der Waals surface area contributed by atoms with E-state index in [0.29, 0.717) is 6.04 Å². The van der Waals surface area contributed by atoms with E-state index in [1.807, 2.05) is 11.6 Å². The Labute approximate surface area is 150 Å². The molecular formula is C15H21N5O3S2. The first kappa shape index (κ1) is 17.1. The molecule has 3 atom stereocenters. The van der Waals surface area contributed by atoms with Gasteiger partial charge < -0.3 is 9.30 Å². The monoisotopic (exact) mass is 383 g/mol. The Morgan fingerprint density at radius 3 is 2.96 bits per heavy atom. The van der Waals surface area contributed by atoms with Gasteiger partial charge in [-0.15, -0.1) is 11.3 Å². The summed E-state index contributed by atoms with van der Waals surface area (Å²) in [7, 11) is -1.84. The van der Waals surface area contributed by atoms with Gasteiger partial charge in [0.1, 0.15) is 5.01 Å². The van der Waals surface area contributed by atoms with Crippen molar-refractivity contribution in [2.75, 3.05) is 13.1 Å². The first-order chi connectivity index (χ1) is 12.0. The molecule has 136 valence electrons. The zero-order valence-electron chi connectivity index (χ0n) is 13.9. The number of aromatic nitrogens is 3. The number of fused-ring (bicyclic) bond motifs is 1. The Balaban J connectivity index is 1.27. The van der Waals surface area contributed by atoms with Crippen molar-refractivity contribution < 1.29 is 13.2 Å². The SMILES string of the molecule is Cn1cnc(S(=O)(=O)NC[C@H]2CC[C@H]3[C@H](CN3Cc3nccs3)O2)c1. The van der Waals surface area contributed by atoms with Gasteiger partial charge >= 0.3 is 0 Å². The molecule has 10 heteroatoms. The molecule has 2 saturated heterocycles. The van der Waals surface area contributed by atoms with Crippen LogP contribution in [-0.2, 0) is 28.4 Å². The molecular weight excluding hydrogens is 362 g/mol. The number of hydrogen-bond donors (Lipinski definition) is 1. The number of sulfonamides is 1. The number of imidazole rings is 1. The molecule has 2 aliphatic heterocycles. The van der Waals surface area contributed by atoms with E-state index in [-0.39, 0.29) is 23.8 Å². The smallest absolute Gasteiger partial charge is 0.259 e. The number of rotatable bonds is 6. The summed E-state index contributed by atoms with van der Waals surface area (Å²) < 4.78 is 34.7. The highest BCUT2D eigenvalue weighted by Gasteiger charge is 2.44. The number of hydrogen-bond acceptors (Lipinski definition) is 7. The van der Waals surface area contributed by atoms with Gasteiger partial charge in [-0.1, -0.05) is 0 Å². The van der Waals surface area contributed by atoms with Crippen LogP contribution in [0.25, 0.3) is 0 Å². The predicted molar refractivity (Wildman–Crippen MR) is 92.6 cm³/mol. The van der Waals surface area contributed by atoms with Crippen LogP contribution in [0.1, 0.15) is 17.8 Å². The average molecular weight is 383 g/mol. The van der Waals surface area contributed by atoms with Crippen LogP contribution in [0, 0.1) is 0 Å². The van der Waals surface area contributed by atoms with E-state index in [4.69, 9.17) is 4.74 Å². The predicted octanol–water partition coefficient (Wildman–Crippen LogP) is 0.587. The van der Waals surface area contributed by atoms with Crippen LogP contribution in [0.4, 0.5) is 0 Å². The van der Waals surface area contributed by atoms with Crippen molar-refractivity contribution in [1.29, 1.82) is 0 Å². The quantitative estimate of drug-likeness (QED) is 0.785.